The fraction of sp³-hybridized carbons (Fsp3) is 0. The number of nitrogens with zero attached hydrogens (tertiary/aromatic N) is 1. The van der Waals surface area contributed by atoms with Crippen LogP contribution in [0.5, 0.6) is 11.6 Å². The third-order valence-corrected chi connectivity index (χ3v) is 1.69. The number of rotatable bonds is 2. The molecule has 2 rings (SSSR count). The number of hydrogen-bond acceptors (Lipinski definition) is 3. The number of hydrogen-bond donors (Lipinski definition) is 1. The van der Waals surface area contributed by atoms with E-state index in [1.807, 2.05) is 0 Å². The fourth-order valence-corrected chi connectivity index (χ4v) is 1.03. The minimum Gasteiger partial charge on any atom is -0.439 e. The third kappa shape index (κ3) is 2.40. The Morgan fingerprint density at radius 1 is 1.27 bits per heavy atom. The van der Waals surface area contributed by atoms with Gasteiger partial charge in [0.15, 0.2) is 0 Å². The molecule has 0 unspecified atom stereocenters. The van der Waals surface area contributed by atoms with E-state index in [0.29, 0.717) is 5.75 Å². The molecular weight excluding hydrogens is 199 g/mol. The predicted octanol–water partition coefficient (Wildman–Crippen LogP) is 1.70. The normalized spacial score (nSPS) is 9.93. The second kappa shape index (κ2) is 3.91. The average Bonchev–Trinajstić information content (AvgIpc) is 2.22. The summed E-state index contributed by atoms with van der Waals surface area (Å²) in [4.78, 5) is 17.0. The van der Waals surface area contributed by atoms with Crippen LogP contribution in [0.1, 0.15) is 0 Å². The Morgan fingerprint density at radius 2 is 2.00 bits per heavy atom. The number of ether oxygens (including phenoxy) is 1. The highest BCUT2D eigenvalue weighted by Crippen LogP contribution is 2.17. The first-order valence-corrected chi connectivity index (χ1v) is 4.22. The number of aromatic amines is 1. The van der Waals surface area contributed by atoms with Crippen molar-refractivity contribution in [2.24, 2.45) is 0 Å². The number of halogens is 1. The lowest BCUT2D eigenvalue weighted by molar-refractivity contribution is 0.459. The summed E-state index contributed by atoms with van der Waals surface area (Å²) in [5, 5.41) is 0. The van der Waals surface area contributed by atoms with Crippen molar-refractivity contribution in [3.8, 4) is 11.6 Å². The Labute approximate surface area is 84.4 Å². The van der Waals surface area contributed by atoms with Crippen molar-refractivity contribution < 1.29 is 9.13 Å². The molecule has 1 aromatic carbocycles. The second-order valence-corrected chi connectivity index (χ2v) is 2.81. The maximum atomic E-state index is 12.6. The zero-order chi connectivity index (χ0) is 10.7. The van der Waals surface area contributed by atoms with Crippen molar-refractivity contribution in [1.29, 1.82) is 0 Å². The first-order valence-electron chi connectivity index (χ1n) is 4.22. The molecule has 1 heterocycles. The summed E-state index contributed by atoms with van der Waals surface area (Å²) in [5.74, 6) is 0.251. The van der Waals surface area contributed by atoms with Gasteiger partial charge in [0.2, 0.25) is 5.88 Å². The standard InChI is InChI=1S/C10H7FN2O2/c11-7-1-3-8(4-2-7)15-10-5-9(14)12-6-13-10/h1-6H,(H,12,13,14). The molecule has 0 aliphatic rings. The molecule has 0 saturated carbocycles. The molecular formula is C10H7FN2O2. The van der Waals surface area contributed by atoms with Gasteiger partial charge in [-0.25, -0.2) is 9.37 Å². The molecule has 5 heteroatoms. The monoisotopic (exact) mass is 206 g/mol. The number of nitrogens with one attached hydrogen (secondary N) is 1. The van der Waals surface area contributed by atoms with Gasteiger partial charge in [-0.1, -0.05) is 0 Å². The predicted molar refractivity (Wildman–Crippen MR) is 51.3 cm³/mol. The Bertz CT molecular complexity index is 507. The van der Waals surface area contributed by atoms with Crippen molar-refractivity contribution in [3.63, 3.8) is 0 Å². The zero-order valence-corrected chi connectivity index (χ0v) is 7.61. The van der Waals surface area contributed by atoms with Crippen LogP contribution in [0.3, 0.4) is 0 Å². The summed E-state index contributed by atoms with van der Waals surface area (Å²) < 4.78 is 17.8. The molecule has 0 fully saturated rings. The molecule has 0 radical (unpaired) electrons. The largest absolute Gasteiger partial charge is 0.439 e. The molecule has 0 amide bonds. The van der Waals surface area contributed by atoms with Gasteiger partial charge in [-0.15, -0.1) is 0 Å². The quantitative estimate of drug-likeness (QED) is 0.813. The Morgan fingerprint density at radius 3 is 2.67 bits per heavy atom. The second-order valence-electron chi connectivity index (χ2n) is 2.81. The Kier molecular flexibility index (Phi) is 2.45. The van der Waals surface area contributed by atoms with E-state index in [9.17, 15) is 9.18 Å². The lowest BCUT2D eigenvalue weighted by Crippen LogP contribution is -2.04. The fourth-order valence-electron chi connectivity index (χ4n) is 1.03. The van der Waals surface area contributed by atoms with Crippen LogP contribution < -0.4 is 10.3 Å². The van der Waals surface area contributed by atoms with Crippen LogP contribution >= 0.6 is 0 Å². The van der Waals surface area contributed by atoms with E-state index in [-0.39, 0.29) is 17.3 Å². The number of benzene rings is 1. The molecule has 0 saturated heterocycles. The van der Waals surface area contributed by atoms with Gasteiger partial charge in [0.05, 0.1) is 12.4 Å². The zero-order valence-electron chi connectivity index (χ0n) is 7.61. The Hall–Kier alpha value is -2.17. The van der Waals surface area contributed by atoms with E-state index in [4.69, 9.17) is 4.74 Å². The summed E-state index contributed by atoms with van der Waals surface area (Å²) in [5.41, 5.74) is -0.304. The molecule has 2 aromatic rings. The molecule has 4 nitrogen and oxygen atoms in total. The van der Waals surface area contributed by atoms with Crippen LogP contribution in [0.15, 0.2) is 41.5 Å². The van der Waals surface area contributed by atoms with Crippen LogP contribution in [0.25, 0.3) is 0 Å². The molecule has 15 heavy (non-hydrogen) atoms. The maximum absolute atomic E-state index is 12.6. The van der Waals surface area contributed by atoms with Crippen LogP contribution in [-0.4, -0.2) is 9.97 Å². The van der Waals surface area contributed by atoms with Gasteiger partial charge in [-0.2, -0.15) is 0 Å². The molecule has 0 spiro atoms. The van der Waals surface area contributed by atoms with Crippen LogP contribution in [0.4, 0.5) is 4.39 Å². The van der Waals surface area contributed by atoms with Crippen LogP contribution in [0, 0.1) is 5.82 Å². The molecule has 1 N–H and O–H groups in total. The molecule has 76 valence electrons. The summed E-state index contributed by atoms with van der Waals surface area (Å²) in [7, 11) is 0. The lowest BCUT2D eigenvalue weighted by Gasteiger charge is -2.02. The van der Waals surface area contributed by atoms with Gasteiger partial charge in [-0.3, -0.25) is 4.79 Å². The smallest absolute Gasteiger partial charge is 0.254 e. The van der Waals surface area contributed by atoms with E-state index in [2.05, 4.69) is 9.97 Å². The number of H-pyrrole nitrogens is 1. The van der Waals surface area contributed by atoms with E-state index in [1.165, 1.54) is 36.7 Å². The van der Waals surface area contributed by atoms with Crippen molar-refractivity contribution in [3.05, 3.63) is 52.8 Å². The minimum absolute atomic E-state index is 0.172. The van der Waals surface area contributed by atoms with E-state index >= 15 is 0 Å². The summed E-state index contributed by atoms with van der Waals surface area (Å²) in [6.45, 7) is 0. The SMILES string of the molecule is O=c1cc(Oc2ccc(F)cc2)nc[nH]1. The van der Waals surface area contributed by atoms with E-state index in [1.54, 1.807) is 0 Å². The summed E-state index contributed by atoms with van der Waals surface area (Å²) in [6, 6.07) is 6.66. The topological polar surface area (TPSA) is 55.0 Å². The highest BCUT2D eigenvalue weighted by atomic mass is 19.1. The van der Waals surface area contributed by atoms with Crippen LogP contribution in [0.2, 0.25) is 0 Å². The Balaban J connectivity index is 2.22. The molecule has 0 atom stereocenters. The highest BCUT2D eigenvalue weighted by molar-refractivity contribution is 5.26. The number of aromatic nitrogens is 2. The molecule has 0 aliphatic heterocycles. The van der Waals surface area contributed by atoms with Gasteiger partial charge >= 0.3 is 0 Å². The first kappa shape index (κ1) is 9.39. The van der Waals surface area contributed by atoms with Crippen molar-refractivity contribution in [2.45, 2.75) is 0 Å². The summed E-state index contributed by atoms with van der Waals surface area (Å²) in [6.07, 6.45) is 1.24. The van der Waals surface area contributed by atoms with Crippen molar-refractivity contribution in [1.82, 2.24) is 9.97 Å². The van der Waals surface area contributed by atoms with E-state index < -0.39 is 0 Å². The summed E-state index contributed by atoms with van der Waals surface area (Å²) >= 11 is 0. The van der Waals surface area contributed by atoms with Gasteiger partial charge in [-0.05, 0) is 24.3 Å². The average molecular weight is 206 g/mol. The molecule has 0 bridgehead atoms. The minimum atomic E-state index is -0.346. The van der Waals surface area contributed by atoms with Crippen molar-refractivity contribution >= 4 is 0 Å². The molecule has 0 aliphatic carbocycles. The lowest BCUT2D eigenvalue weighted by atomic mass is 10.3. The van der Waals surface area contributed by atoms with Crippen molar-refractivity contribution in [2.75, 3.05) is 0 Å². The van der Waals surface area contributed by atoms with Gasteiger partial charge in [0.1, 0.15) is 11.6 Å². The van der Waals surface area contributed by atoms with Gasteiger partial charge in [0, 0.05) is 0 Å². The van der Waals surface area contributed by atoms with E-state index in [0.717, 1.165) is 0 Å². The maximum Gasteiger partial charge on any atom is 0.254 e. The van der Waals surface area contributed by atoms with Gasteiger partial charge in [0.25, 0.3) is 5.56 Å². The highest BCUT2D eigenvalue weighted by Gasteiger charge is 1.98. The first-order chi connectivity index (χ1) is 7.24. The van der Waals surface area contributed by atoms with Gasteiger partial charge < -0.3 is 9.72 Å². The van der Waals surface area contributed by atoms with Crippen LogP contribution in [-0.2, 0) is 0 Å². The molecule has 1 aromatic heterocycles. The third-order valence-electron chi connectivity index (χ3n) is 1.69.